The first kappa shape index (κ1) is 10.2. The topological polar surface area (TPSA) is 0 Å². The van der Waals surface area contributed by atoms with E-state index in [0.29, 0.717) is 5.76 Å². The molecule has 0 spiro atoms. The molecule has 0 aliphatic rings. The Labute approximate surface area is 57.8 Å². The van der Waals surface area contributed by atoms with Crippen LogP contribution in [0.5, 0.6) is 0 Å². The van der Waals surface area contributed by atoms with Gasteiger partial charge >= 0.3 is 57.0 Å². The normalized spacial score (nSPS) is 13.2. The van der Waals surface area contributed by atoms with E-state index in [1.807, 2.05) is 0 Å². The van der Waals surface area contributed by atoms with Crippen molar-refractivity contribution in [1.29, 1.82) is 0 Å². The third-order valence-corrected chi connectivity index (χ3v) is 6.68. The number of rotatable bonds is 3. The first-order valence-electron chi connectivity index (χ1n) is 2.57. The maximum atomic E-state index is 11.7. The Morgan fingerprint density at radius 1 is 1.10 bits per heavy atom. The molecule has 0 unspecified atom stereocenters. The number of hydrogen-bond donors (Lipinski definition) is 0. The molecular formula is C4H7F5Ge. The molecule has 0 aromatic heterocycles. The summed E-state index contributed by atoms with van der Waals surface area (Å²) in [5.41, 5.74) is -1.52. The van der Waals surface area contributed by atoms with E-state index in [9.17, 15) is 22.0 Å². The van der Waals surface area contributed by atoms with E-state index in [1.165, 1.54) is 0 Å². The Kier molecular flexibility index (Phi) is 3.61. The van der Waals surface area contributed by atoms with E-state index in [-0.39, 0.29) is 0 Å². The zero-order valence-electron chi connectivity index (χ0n) is 5.25. The van der Waals surface area contributed by atoms with Crippen molar-refractivity contribution in [1.82, 2.24) is 0 Å². The van der Waals surface area contributed by atoms with Gasteiger partial charge in [-0.1, -0.05) is 0 Å². The second-order valence-electron chi connectivity index (χ2n) is 2.24. The second kappa shape index (κ2) is 3.55. The SMILES string of the molecule is [CH3][Ge]([CH2]F)([CH](F)F)[CH](F)F. The Balaban J connectivity index is 4.23. The molecular weight excluding hydrogens is 216 g/mol. The van der Waals surface area contributed by atoms with E-state index in [2.05, 4.69) is 0 Å². The molecule has 0 atom stereocenters. The summed E-state index contributed by atoms with van der Waals surface area (Å²) in [7, 11) is 0. The summed E-state index contributed by atoms with van der Waals surface area (Å²) in [5, 5.41) is -6.27. The van der Waals surface area contributed by atoms with Crippen molar-refractivity contribution in [2.45, 2.75) is 16.3 Å². The summed E-state index contributed by atoms with van der Waals surface area (Å²) in [6.07, 6.45) is 0. The van der Waals surface area contributed by atoms with Gasteiger partial charge in [-0.2, -0.15) is 0 Å². The molecule has 0 amide bonds. The standard InChI is InChI=1S/C4H7F5Ge/c1-10(2-5,3(6)7)4(8)9/h3-4H,2H2,1H3. The fraction of sp³-hybridized carbons (Fsp3) is 1.00. The predicted molar refractivity (Wildman–Crippen MR) is 29.6 cm³/mol. The molecule has 0 rings (SSSR count). The van der Waals surface area contributed by atoms with Gasteiger partial charge < -0.3 is 0 Å². The van der Waals surface area contributed by atoms with Crippen molar-refractivity contribution in [3.63, 3.8) is 0 Å². The Bertz CT molecular complexity index is 95.8. The molecule has 0 bridgehead atoms. The molecule has 62 valence electrons. The van der Waals surface area contributed by atoms with E-state index in [1.54, 1.807) is 0 Å². The molecule has 0 aromatic carbocycles. The van der Waals surface area contributed by atoms with Gasteiger partial charge in [-0.05, 0) is 0 Å². The summed E-state index contributed by atoms with van der Waals surface area (Å²) >= 11 is -4.71. The summed E-state index contributed by atoms with van der Waals surface area (Å²) < 4.78 is 58.5. The average molecular weight is 223 g/mol. The van der Waals surface area contributed by atoms with Crippen LogP contribution in [0.4, 0.5) is 22.0 Å². The quantitative estimate of drug-likeness (QED) is 0.507. The molecule has 0 saturated heterocycles. The fourth-order valence-corrected chi connectivity index (χ4v) is 1.10. The van der Waals surface area contributed by atoms with Crippen LogP contribution in [-0.2, 0) is 0 Å². The minimum atomic E-state index is -4.71. The maximum absolute atomic E-state index is 11.7. The summed E-state index contributed by atoms with van der Waals surface area (Å²) in [5.74, 6) is 0.704. The van der Waals surface area contributed by atoms with Crippen molar-refractivity contribution >= 4 is 13.3 Å². The first-order valence-corrected chi connectivity index (χ1v) is 8.58. The summed E-state index contributed by atoms with van der Waals surface area (Å²) in [6, 6.07) is 0. The van der Waals surface area contributed by atoms with Crippen LogP contribution in [-0.4, -0.2) is 29.3 Å². The summed E-state index contributed by atoms with van der Waals surface area (Å²) in [4.78, 5) is 0. The van der Waals surface area contributed by atoms with Crippen molar-refractivity contribution < 1.29 is 22.0 Å². The molecule has 0 nitrogen and oxygen atoms in total. The van der Waals surface area contributed by atoms with Crippen LogP contribution < -0.4 is 0 Å². The van der Waals surface area contributed by atoms with E-state index in [4.69, 9.17) is 0 Å². The van der Waals surface area contributed by atoms with Gasteiger partial charge in [-0.25, -0.2) is 0 Å². The van der Waals surface area contributed by atoms with Gasteiger partial charge in [0, 0.05) is 0 Å². The zero-order chi connectivity index (χ0) is 8.36. The van der Waals surface area contributed by atoms with Crippen molar-refractivity contribution in [3.8, 4) is 0 Å². The average Bonchev–Trinajstić information content (AvgIpc) is 1.85. The third-order valence-electron chi connectivity index (χ3n) is 1.28. The van der Waals surface area contributed by atoms with E-state index in [0.717, 1.165) is 0 Å². The number of alkyl halides is 5. The Hall–Kier alpha value is 0.193. The van der Waals surface area contributed by atoms with Crippen LogP contribution in [0.2, 0.25) is 5.76 Å². The van der Waals surface area contributed by atoms with Crippen molar-refractivity contribution in [2.75, 3.05) is 5.51 Å². The van der Waals surface area contributed by atoms with Gasteiger partial charge in [0.1, 0.15) is 0 Å². The van der Waals surface area contributed by atoms with Gasteiger partial charge in [0.2, 0.25) is 0 Å². The molecule has 10 heavy (non-hydrogen) atoms. The third kappa shape index (κ3) is 1.84. The molecule has 0 radical (unpaired) electrons. The van der Waals surface area contributed by atoms with Crippen molar-refractivity contribution in [3.05, 3.63) is 0 Å². The zero-order valence-corrected chi connectivity index (χ0v) is 7.35. The predicted octanol–water partition coefficient (Wildman–Crippen LogP) is 2.18. The Morgan fingerprint density at radius 3 is 1.40 bits per heavy atom. The number of hydrogen-bond acceptors (Lipinski definition) is 0. The molecule has 6 heteroatoms. The van der Waals surface area contributed by atoms with E-state index >= 15 is 0 Å². The molecule has 0 N–H and O–H groups in total. The van der Waals surface area contributed by atoms with Crippen LogP contribution in [0, 0.1) is 0 Å². The Morgan fingerprint density at radius 2 is 1.40 bits per heavy atom. The minimum absolute atomic E-state index is 0.704. The van der Waals surface area contributed by atoms with E-state index < -0.39 is 29.3 Å². The van der Waals surface area contributed by atoms with Crippen molar-refractivity contribution in [2.24, 2.45) is 0 Å². The van der Waals surface area contributed by atoms with Gasteiger partial charge in [0.15, 0.2) is 0 Å². The molecule has 0 aliphatic carbocycles. The summed E-state index contributed by atoms with van der Waals surface area (Å²) in [6.45, 7) is 0. The van der Waals surface area contributed by atoms with Crippen LogP contribution in [0.25, 0.3) is 0 Å². The van der Waals surface area contributed by atoms with Gasteiger partial charge in [0.05, 0.1) is 0 Å². The molecule has 0 aliphatic heterocycles. The molecule has 0 saturated carbocycles. The second-order valence-corrected chi connectivity index (χ2v) is 11.0. The van der Waals surface area contributed by atoms with Crippen LogP contribution >= 0.6 is 0 Å². The van der Waals surface area contributed by atoms with Crippen LogP contribution in [0.3, 0.4) is 0 Å². The van der Waals surface area contributed by atoms with Gasteiger partial charge in [-0.3, -0.25) is 0 Å². The number of halogens is 5. The van der Waals surface area contributed by atoms with Gasteiger partial charge in [0.25, 0.3) is 0 Å². The van der Waals surface area contributed by atoms with Gasteiger partial charge in [-0.15, -0.1) is 0 Å². The fourth-order valence-electron chi connectivity index (χ4n) is 0.212. The monoisotopic (exact) mass is 224 g/mol. The molecule has 0 heterocycles. The molecule has 0 aromatic rings. The first-order chi connectivity index (χ1) is 4.45. The molecule has 0 fully saturated rings. The van der Waals surface area contributed by atoms with Crippen LogP contribution in [0.15, 0.2) is 0 Å². The van der Waals surface area contributed by atoms with Crippen LogP contribution in [0.1, 0.15) is 0 Å².